The summed E-state index contributed by atoms with van der Waals surface area (Å²) >= 11 is 0. The Bertz CT molecular complexity index is 145. The van der Waals surface area contributed by atoms with Gasteiger partial charge in [0.2, 0.25) is 6.41 Å². The quantitative estimate of drug-likeness (QED) is 0.521. The summed E-state index contributed by atoms with van der Waals surface area (Å²) in [6, 6.07) is 0.568. The maximum atomic E-state index is 10.3. The molecule has 1 unspecified atom stereocenters. The summed E-state index contributed by atoms with van der Waals surface area (Å²) in [6.07, 6.45) is 2.19. The molecule has 2 fully saturated rings. The predicted molar refractivity (Wildman–Crippen MR) is 37.5 cm³/mol. The summed E-state index contributed by atoms with van der Waals surface area (Å²) in [6.45, 7) is 3.19. The first-order chi connectivity index (χ1) is 4.92. The molecule has 2 rings (SSSR count). The van der Waals surface area contributed by atoms with Gasteiger partial charge >= 0.3 is 0 Å². The Morgan fingerprint density at radius 1 is 1.50 bits per heavy atom. The summed E-state index contributed by atoms with van der Waals surface area (Å²) in [5.74, 6) is 0.749. The molecule has 0 aromatic rings. The van der Waals surface area contributed by atoms with E-state index >= 15 is 0 Å². The minimum Gasteiger partial charge on any atom is -0.342 e. The van der Waals surface area contributed by atoms with E-state index in [2.05, 4.69) is 5.32 Å². The van der Waals surface area contributed by atoms with Crippen LogP contribution in [0.1, 0.15) is 6.42 Å². The van der Waals surface area contributed by atoms with Crippen molar-refractivity contribution < 1.29 is 4.79 Å². The van der Waals surface area contributed by atoms with Crippen LogP contribution in [0.5, 0.6) is 0 Å². The van der Waals surface area contributed by atoms with Crippen molar-refractivity contribution in [3.05, 3.63) is 0 Å². The van der Waals surface area contributed by atoms with Gasteiger partial charge in [-0.2, -0.15) is 0 Å². The molecule has 1 N–H and O–H groups in total. The van der Waals surface area contributed by atoms with Gasteiger partial charge in [0.05, 0.1) is 0 Å². The number of carbonyl (C=O) groups is 1. The lowest BCUT2D eigenvalue weighted by Crippen LogP contribution is -2.60. The van der Waals surface area contributed by atoms with E-state index in [0.29, 0.717) is 6.04 Å². The number of rotatable bonds is 2. The molecule has 0 aromatic carbocycles. The van der Waals surface area contributed by atoms with E-state index in [-0.39, 0.29) is 0 Å². The number of likely N-dealkylation sites (tertiary alicyclic amines) is 1. The third kappa shape index (κ3) is 0.736. The van der Waals surface area contributed by atoms with Crippen molar-refractivity contribution in [2.45, 2.75) is 12.5 Å². The molecule has 0 radical (unpaired) electrons. The highest BCUT2D eigenvalue weighted by Gasteiger charge is 2.36. The zero-order valence-electron chi connectivity index (χ0n) is 5.92. The number of nitrogens with zero attached hydrogens (tertiary/aromatic N) is 1. The molecule has 0 bridgehead atoms. The zero-order chi connectivity index (χ0) is 6.97. The fourth-order valence-electron chi connectivity index (χ4n) is 1.65. The number of hydrogen-bond donors (Lipinski definition) is 1. The van der Waals surface area contributed by atoms with Crippen molar-refractivity contribution in [3.8, 4) is 0 Å². The first-order valence-electron chi connectivity index (χ1n) is 3.83. The molecule has 0 spiro atoms. The first-order valence-corrected chi connectivity index (χ1v) is 3.83. The molecule has 2 aliphatic rings. The van der Waals surface area contributed by atoms with Crippen LogP contribution in [-0.4, -0.2) is 37.0 Å². The molecular formula is C7H12N2O. The van der Waals surface area contributed by atoms with Gasteiger partial charge in [0, 0.05) is 31.6 Å². The van der Waals surface area contributed by atoms with E-state index in [1.807, 2.05) is 4.90 Å². The van der Waals surface area contributed by atoms with Gasteiger partial charge < -0.3 is 10.2 Å². The molecule has 0 aromatic heterocycles. The van der Waals surface area contributed by atoms with E-state index in [4.69, 9.17) is 0 Å². The third-order valence-electron chi connectivity index (χ3n) is 2.60. The largest absolute Gasteiger partial charge is 0.342 e. The Morgan fingerprint density at radius 3 is 2.60 bits per heavy atom. The second kappa shape index (κ2) is 2.23. The maximum Gasteiger partial charge on any atom is 0.209 e. The van der Waals surface area contributed by atoms with Crippen LogP contribution in [0.25, 0.3) is 0 Å². The molecule has 0 saturated carbocycles. The fourth-order valence-corrected chi connectivity index (χ4v) is 1.65. The van der Waals surface area contributed by atoms with Crippen molar-refractivity contribution in [2.24, 2.45) is 5.92 Å². The van der Waals surface area contributed by atoms with E-state index in [9.17, 15) is 4.79 Å². The van der Waals surface area contributed by atoms with Crippen molar-refractivity contribution >= 4 is 6.41 Å². The Balaban J connectivity index is 1.86. The number of carbonyl (C=O) groups excluding carboxylic acids is 1. The molecule has 0 aliphatic carbocycles. The number of nitrogens with one attached hydrogen (secondary N) is 1. The lowest BCUT2D eigenvalue weighted by molar-refractivity contribution is -0.127. The summed E-state index contributed by atoms with van der Waals surface area (Å²) in [5.41, 5.74) is 0. The van der Waals surface area contributed by atoms with Crippen LogP contribution in [0.2, 0.25) is 0 Å². The number of hydrogen-bond acceptors (Lipinski definition) is 2. The van der Waals surface area contributed by atoms with Crippen LogP contribution < -0.4 is 5.32 Å². The van der Waals surface area contributed by atoms with Crippen molar-refractivity contribution in [2.75, 3.05) is 19.6 Å². The summed E-state index contributed by atoms with van der Waals surface area (Å²) in [4.78, 5) is 12.3. The average Bonchev–Trinajstić information content (AvgIpc) is 1.77. The monoisotopic (exact) mass is 140 g/mol. The Morgan fingerprint density at radius 2 is 2.30 bits per heavy atom. The maximum absolute atomic E-state index is 10.3. The predicted octanol–water partition coefficient (Wildman–Crippen LogP) is -0.563. The van der Waals surface area contributed by atoms with E-state index in [1.54, 1.807) is 0 Å². The third-order valence-corrected chi connectivity index (χ3v) is 2.60. The van der Waals surface area contributed by atoms with Crippen molar-refractivity contribution in [1.29, 1.82) is 0 Å². The molecule has 2 aliphatic heterocycles. The van der Waals surface area contributed by atoms with Gasteiger partial charge in [-0.25, -0.2) is 0 Å². The summed E-state index contributed by atoms with van der Waals surface area (Å²) < 4.78 is 0. The van der Waals surface area contributed by atoms with Gasteiger partial charge in [-0.1, -0.05) is 0 Å². The first kappa shape index (κ1) is 6.16. The minimum absolute atomic E-state index is 0.568. The second-order valence-corrected chi connectivity index (χ2v) is 3.12. The standard InChI is InChI=1S/C7H12N2O/c10-5-9-2-1-7(9)6-3-8-4-6/h5-8H,1-4H2. The second-order valence-electron chi connectivity index (χ2n) is 3.12. The molecule has 2 saturated heterocycles. The van der Waals surface area contributed by atoms with Crippen LogP contribution in [0.15, 0.2) is 0 Å². The van der Waals surface area contributed by atoms with Crippen LogP contribution in [0.4, 0.5) is 0 Å². The molecule has 1 amide bonds. The molecule has 10 heavy (non-hydrogen) atoms. The highest BCUT2D eigenvalue weighted by atomic mass is 16.1. The lowest BCUT2D eigenvalue weighted by Gasteiger charge is -2.46. The van der Waals surface area contributed by atoms with E-state index in [1.165, 1.54) is 6.42 Å². The Labute approximate surface area is 60.4 Å². The van der Waals surface area contributed by atoms with Crippen molar-refractivity contribution in [3.63, 3.8) is 0 Å². The smallest absolute Gasteiger partial charge is 0.209 e. The van der Waals surface area contributed by atoms with Crippen LogP contribution >= 0.6 is 0 Å². The van der Waals surface area contributed by atoms with E-state index in [0.717, 1.165) is 32.0 Å². The summed E-state index contributed by atoms with van der Waals surface area (Å²) in [5, 5.41) is 3.21. The van der Waals surface area contributed by atoms with Crippen molar-refractivity contribution in [1.82, 2.24) is 10.2 Å². The van der Waals surface area contributed by atoms with Crippen LogP contribution in [-0.2, 0) is 4.79 Å². The highest BCUT2D eigenvalue weighted by Crippen LogP contribution is 2.25. The van der Waals surface area contributed by atoms with E-state index < -0.39 is 0 Å². The molecule has 56 valence electrons. The molecule has 1 atom stereocenters. The normalized spacial score (nSPS) is 32.8. The zero-order valence-corrected chi connectivity index (χ0v) is 5.92. The van der Waals surface area contributed by atoms with Gasteiger partial charge in [0.25, 0.3) is 0 Å². The van der Waals surface area contributed by atoms with Gasteiger partial charge in [-0.05, 0) is 6.42 Å². The van der Waals surface area contributed by atoms with Gasteiger partial charge in [-0.15, -0.1) is 0 Å². The molecule has 3 heteroatoms. The topological polar surface area (TPSA) is 32.3 Å². The minimum atomic E-state index is 0.568. The highest BCUT2D eigenvalue weighted by molar-refractivity contribution is 5.49. The Kier molecular flexibility index (Phi) is 1.38. The SMILES string of the molecule is O=CN1CCC1C1CNC1. The van der Waals surface area contributed by atoms with Gasteiger partial charge in [0.15, 0.2) is 0 Å². The van der Waals surface area contributed by atoms with Gasteiger partial charge in [0.1, 0.15) is 0 Å². The average molecular weight is 140 g/mol. The molecule has 2 heterocycles. The van der Waals surface area contributed by atoms with Crippen LogP contribution in [0, 0.1) is 5.92 Å². The molecule has 3 nitrogen and oxygen atoms in total. The molecular weight excluding hydrogens is 128 g/mol. The summed E-state index contributed by atoms with van der Waals surface area (Å²) in [7, 11) is 0. The van der Waals surface area contributed by atoms with Gasteiger partial charge in [-0.3, -0.25) is 4.79 Å². The number of amides is 1. The lowest BCUT2D eigenvalue weighted by atomic mass is 9.86. The Hall–Kier alpha value is -0.570. The fraction of sp³-hybridized carbons (Fsp3) is 0.857. The van der Waals surface area contributed by atoms with Crippen LogP contribution in [0.3, 0.4) is 0 Å².